The third-order valence-electron chi connectivity index (χ3n) is 4.27. The molecule has 2 aromatic heterocycles. The number of hydrogen-bond donors (Lipinski definition) is 0. The van der Waals surface area contributed by atoms with E-state index >= 15 is 0 Å². The Morgan fingerprint density at radius 3 is 2.72 bits per heavy atom. The Bertz CT molecular complexity index is 1000. The second-order valence-corrected chi connectivity index (χ2v) is 6.64. The molecule has 0 aliphatic rings. The summed E-state index contributed by atoms with van der Waals surface area (Å²) < 4.78 is 17.2. The van der Waals surface area contributed by atoms with Gasteiger partial charge in [0.1, 0.15) is 22.5 Å². The van der Waals surface area contributed by atoms with Gasteiger partial charge in [-0.25, -0.2) is 4.79 Å². The summed E-state index contributed by atoms with van der Waals surface area (Å²) in [6.45, 7) is 10.1. The van der Waals surface area contributed by atoms with E-state index in [4.69, 9.17) is 13.6 Å². The number of rotatable bonds is 6. The van der Waals surface area contributed by atoms with E-state index in [1.807, 2.05) is 19.1 Å². The van der Waals surface area contributed by atoms with Crippen molar-refractivity contribution in [2.45, 2.75) is 39.2 Å². The molecular formula is C21H22O4. The SMILES string of the molecule is C=CC(C)(CCC=C(C)C)Oc1c2ccoc2cc2oc(=O)ccc12. The zero-order valence-electron chi connectivity index (χ0n) is 14.8. The van der Waals surface area contributed by atoms with Crippen molar-refractivity contribution in [3.63, 3.8) is 0 Å². The van der Waals surface area contributed by atoms with Crippen molar-refractivity contribution in [3.05, 3.63) is 65.3 Å². The number of fused-ring (bicyclic) bond motifs is 2. The van der Waals surface area contributed by atoms with E-state index in [0.717, 1.165) is 23.6 Å². The first-order chi connectivity index (χ1) is 11.9. The smallest absolute Gasteiger partial charge is 0.336 e. The summed E-state index contributed by atoms with van der Waals surface area (Å²) in [5.74, 6) is 0.643. The Balaban J connectivity index is 2.08. The molecule has 0 fully saturated rings. The zero-order chi connectivity index (χ0) is 18.0. The largest absolute Gasteiger partial charge is 0.482 e. The molecule has 3 rings (SSSR count). The van der Waals surface area contributed by atoms with Gasteiger partial charge in [-0.2, -0.15) is 0 Å². The van der Waals surface area contributed by atoms with Gasteiger partial charge in [0.15, 0.2) is 0 Å². The fourth-order valence-electron chi connectivity index (χ4n) is 2.80. The Hall–Kier alpha value is -2.75. The molecule has 0 spiro atoms. The monoisotopic (exact) mass is 338 g/mol. The second-order valence-electron chi connectivity index (χ2n) is 6.64. The van der Waals surface area contributed by atoms with E-state index in [1.54, 1.807) is 18.4 Å². The maximum atomic E-state index is 11.6. The van der Waals surface area contributed by atoms with Crippen molar-refractivity contribution in [3.8, 4) is 5.75 Å². The molecular weight excluding hydrogens is 316 g/mol. The fourth-order valence-corrected chi connectivity index (χ4v) is 2.80. The predicted molar refractivity (Wildman–Crippen MR) is 100 cm³/mol. The van der Waals surface area contributed by atoms with Gasteiger partial charge < -0.3 is 13.6 Å². The minimum atomic E-state index is -0.555. The van der Waals surface area contributed by atoms with Gasteiger partial charge in [-0.05, 0) is 51.8 Å². The van der Waals surface area contributed by atoms with Crippen molar-refractivity contribution in [1.29, 1.82) is 0 Å². The molecule has 0 amide bonds. The van der Waals surface area contributed by atoms with Crippen LogP contribution in [0.1, 0.15) is 33.6 Å². The van der Waals surface area contributed by atoms with Gasteiger partial charge in [0, 0.05) is 12.1 Å². The maximum absolute atomic E-state index is 11.6. The normalized spacial score (nSPS) is 13.6. The highest BCUT2D eigenvalue weighted by Crippen LogP contribution is 2.38. The number of furan rings is 1. The lowest BCUT2D eigenvalue weighted by Gasteiger charge is -2.28. The highest BCUT2D eigenvalue weighted by Gasteiger charge is 2.25. The summed E-state index contributed by atoms with van der Waals surface area (Å²) in [7, 11) is 0. The molecule has 1 atom stereocenters. The highest BCUT2D eigenvalue weighted by atomic mass is 16.5. The first-order valence-electron chi connectivity index (χ1n) is 8.32. The molecule has 4 heteroatoms. The van der Waals surface area contributed by atoms with Crippen LogP contribution < -0.4 is 10.4 Å². The average Bonchev–Trinajstić information content (AvgIpc) is 3.02. The van der Waals surface area contributed by atoms with Crippen LogP contribution in [0, 0.1) is 0 Å². The maximum Gasteiger partial charge on any atom is 0.336 e. The van der Waals surface area contributed by atoms with Gasteiger partial charge >= 0.3 is 5.63 Å². The molecule has 3 aromatic rings. The number of hydrogen-bond acceptors (Lipinski definition) is 4. The van der Waals surface area contributed by atoms with E-state index in [-0.39, 0.29) is 0 Å². The first kappa shape index (κ1) is 17.1. The molecule has 0 N–H and O–H groups in total. The summed E-state index contributed by atoms with van der Waals surface area (Å²) in [4.78, 5) is 11.6. The number of ether oxygens (including phenoxy) is 1. The fraction of sp³-hybridized carbons (Fsp3) is 0.286. The minimum absolute atomic E-state index is 0.403. The summed E-state index contributed by atoms with van der Waals surface area (Å²) in [5.41, 5.74) is 1.38. The van der Waals surface area contributed by atoms with Crippen LogP contribution in [0.15, 0.2) is 68.5 Å². The molecule has 0 bridgehead atoms. The van der Waals surface area contributed by atoms with Crippen LogP contribution in [0.25, 0.3) is 21.9 Å². The van der Waals surface area contributed by atoms with E-state index in [1.165, 1.54) is 11.6 Å². The summed E-state index contributed by atoms with van der Waals surface area (Å²) in [6.07, 6.45) is 7.27. The van der Waals surface area contributed by atoms with Gasteiger partial charge in [0.05, 0.1) is 17.0 Å². The summed E-state index contributed by atoms with van der Waals surface area (Å²) in [6, 6.07) is 6.69. The lowest BCUT2D eigenvalue weighted by molar-refractivity contribution is 0.136. The lowest BCUT2D eigenvalue weighted by Crippen LogP contribution is -2.29. The van der Waals surface area contributed by atoms with Crippen molar-refractivity contribution in [2.24, 2.45) is 0 Å². The van der Waals surface area contributed by atoms with Gasteiger partial charge in [0.2, 0.25) is 0 Å². The van der Waals surface area contributed by atoms with Crippen LogP contribution in [0.5, 0.6) is 5.75 Å². The van der Waals surface area contributed by atoms with Gasteiger partial charge in [-0.3, -0.25) is 0 Å². The molecule has 1 aromatic carbocycles. The third kappa shape index (κ3) is 3.53. The van der Waals surface area contributed by atoms with Crippen molar-refractivity contribution in [1.82, 2.24) is 0 Å². The van der Waals surface area contributed by atoms with Crippen LogP contribution in [0.2, 0.25) is 0 Å². The molecule has 4 nitrogen and oxygen atoms in total. The first-order valence-corrected chi connectivity index (χ1v) is 8.32. The summed E-state index contributed by atoms with van der Waals surface area (Å²) in [5, 5.41) is 1.58. The quantitative estimate of drug-likeness (QED) is 0.433. The molecule has 2 heterocycles. The summed E-state index contributed by atoms with van der Waals surface area (Å²) >= 11 is 0. The van der Waals surface area contributed by atoms with Gasteiger partial charge in [-0.1, -0.05) is 18.2 Å². The predicted octanol–water partition coefficient (Wildman–Crippen LogP) is 5.61. The Morgan fingerprint density at radius 2 is 2.00 bits per heavy atom. The van der Waals surface area contributed by atoms with Crippen LogP contribution >= 0.6 is 0 Å². The molecule has 25 heavy (non-hydrogen) atoms. The third-order valence-corrected chi connectivity index (χ3v) is 4.27. The molecule has 130 valence electrons. The highest BCUT2D eigenvalue weighted by molar-refractivity contribution is 6.01. The topological polar surface area (TPSA) is 52.6 Å². The Kier molecular flexibility index (Phi) is 4.53. The average molecular weight is 338 g/mol. The van der Waals surface area contributed by atoms with Crippen LogP contribution in [0.4, 0.5) is 0 Å². The van der Waals surface area contributed by atoms with Gasteiger partial charge in [0.25, 0.3) is 0 Å². The van der Waals surface area contributed by atoms with Crippen molar-refractivity contribution >= 4 is 21.9 Å². The van der Waals surface area contributed by atoms with E-state index in [9.17, 15) is 4.79 Å². The Labute approximate surface area is 146 Å². The van der Waals surface area contributed by atoms with Gasteiger partial charge in [-0.15, -0.1) is 0 Å². The molecule has 0 radical (unpaired) electrons. The minimum Gasteiger partial charge on any atom is -0.482 e. The molecule has 0 aliphatic carbocycles. The van der Waals surface area contributed by atoms with Crippen LogP contribution in [-0.2, 0) is 0 Å². The van der Waals surface area contributed by atoms with Crippen LogP contribution in [0.3, 0.4) is 0 Å². The van der Waals surface area contributed by atoms with E-state index < -0.39 is 11.2 Å². The van der Waals surface area contributed by atoms with Crippen molar-refractivity contribution in [2.75, 3.05) is 0 Å². The molecule has 0 saturated heterocycles. The molecule has 1 unspecified atom stereocenters. The second kappa shape index (κ2) is 6.63. The van der Waals surface area contributed by atoms with Crippen molar-refractivity contribution < 1.29 is 13.6 Å². The lowest BCUT2D eigenvalue weighted by atomic mass is 9.98. The van der Waals surface area contributed by atoms with Crippen LogP contribution in [-0.4, -0.2) is 5.60 Å². The number of allylic oxidation sites excluding steroid dienone is 2. The standard InChI is InChI=1S/C21H22O4/c1-5-21(4,11-6-7-14(2)3)25-20-15-8-9-19(22)24-18(15)13-17-16(20)10-12-23-17/h5,7-10,12-13H,1,6,11H2,2-4H3. The van der Waals surface area contributed by atoms with E-state index in [0.29, 0.717) is 16.9 Å². The molecule has 0 saturated carbocycles. The molecule has 0 aliphatic heterocycles. The zero-order valence-corrected chi connectivity index (χ0v) is 14.8. The Morgan fingerprint density at radius 1 is 1.24 bits per heavy atom. The van der Waals surface area contributed by atoms with E-state index in [2.05, 4.69) is 26.5 Å². The number of benzene rings is 1.